The molecule has 0 bridgehead atoms. The number of rotatable bonds is 3. The molecule has 2 unspecified atom stereocenters. The van der Waals surface area contributed by atoms with E-state index in [0.717, 1.165) is 31.1 Å². The molecular weight excluding hydrogens is 286 g/mol. The number of benzene rings is 1. The first-order chi connectivity index (χ1) is 10.1. The van der Waals surface area contributed by atoms with Crippen molar-refractivity contribution >= 4 is 20.8 Å². The van der Waals surface area contributed by atoms with E-state index in [9.17, 15) is 8.42 Å². The summed E-state index contributed by atoms with van der Waals surface area (Å²) in [6.45, 7) is 0. The van der Waals surface area contributed by atoms with Crippen LogP contribution in [-0.4, -0.2) is 25.5 Å². The van der Waals surface area contributed by atoms with Crippen LogP contribution in [0.4, 0.5) is 0 Å². The molecule has 1 heterocycles. The van der Waals surface area contributed by atoms with Gasteiger partial charge in [0.05, 0.1) is 4.90 Å². The molecule has 5 nitrogen and oxygen atoms in total. The molecular formula is C15H19N3O2S. The highest BCUT2D eigenvalue weighted by molar-refractivity contribution is 7.89. The molecule has 2 atom stereocenters. The van der Waals surface area contributed by atoms with Gasteiger partial charge in [0, 0.05) is 35.2 Å². The number of aromatic nitrogens is 1. The molecule has 112 valence electrons. The second-order valence-corrected chi connectivity index (χ2v) is 7.21. The molecule has 0 aliphatic heterocycles. The highest BCUT2D eigenvalue weighted by Gasteiger charge is 2.27. The summed E-state index contributed by atoms with van der Waals surface area (Å²) in [6.07, 6.45) is 7.02. The summed E-state index contributed by atoms with van der Waals surface area (Å²) in [5.74, 6) is 0. The quantitative estimate of drug-likeness (QED) is 0.905. The first-order valence-electron chi connectivity index (χ1n) is 7.18. The lowest BCUT2D eigenvalue weighted by Gasteiger charge is -2.29. The molecule has 1 saturated carbocycles. The summed E-state index contributed by atoms with van der Waals surface area (Å²) in [6, 6.07) is 6.66. The molecule has 0 radical (unpaired) electrons. The van der Waals surface area contributed by atoms with Crippen LogP contribution in [0.25, 0.3) is 10.8 Å². The van der Waals surface area contributed by atoms with Gasteiger partial charge in [-0.25, -0.2) is 13.1 Å². The number of nitrogens with one attached hydrogen (secondary N) is 1. The number of sulfonamides is 1. The third-order valence-electron chi connectivity index (χ3n) is 4.06. The van der Waals surface area contributed by atoms with Crippen molar-refractivity contribution in [3.05, 3.63) is 36.7 Å². The number of pyridine rings is 1. The molecule has 6 heteroatoms. The minimum Gasteiger partial charge on any atom is -0.326 e. The van der Waals surface area contributed by atoms with E-state index in [4.69, 9.17) is 5.73 Å². The van der Waals surface area contributed by atoms with Gasteiger partial charge >= 0.3 is 0 Å². The Morgan fingerprint density at radius 2 is 2.00 bits per heavy atom. The van der Waals surface area contributed by atoms with Gasteiger partial charge in [-0.1, -0.05) is 25.0 Å². The summed E-state index contributed by atoms with van der Waals surface area (Å²) in [7, 11) is -3.58. The molecule has 1 aliphatic carbocycles. The topological polar surface area (TPSA) is 85.1 Å². The minimum atomic E-state index is -3.58. The molecule has 1 aromatic carbocycles. The Kier molecular flexibility index (Phi) is 3.93. The van der Waals surface area contributed by atoms with Gasteiger partial charge in [-0.15, -0.1) is 0 Å². The third kappa shape index (κ3) is 2.92. The average Bonchev–Trinajstić information content (AvgIpc) is 2.49. The molecule has 1 aliphatic rings. The standard InChI is InChI=1S/C15H19N3O2S/c16-13-5-1-2-6-14(13)18-21(19,20)15-7-3-4-11-10-17-9-8-12(11)15/h3-4,7-10,13-14,18H,1-2,5-6,16H2. The Morgan fingerprint density at radius 1 is 1.19 bits per heavy atom. The summed E-state index contributed by atoms with van der Waals surface area (Å²) in [5.41, 5.74) is 6.04. The van der Waals surface area contributed by atoms with Crippen LogP contribution >= 0.6 is 0 Å². The molecule has 3 N–H and O–H groups in total. The molecule has 1 aromatic heterocycles. The summed E-state index contributed by atoms with van der Waals surface area (Å²) in [5, 5.41) is 1.50. The van der Waals surface area contributed by atoms with E-state index in [1.165, 1.54) is 0 Å². The van der Waals surface area contributed by atoms with E-state index in [0.29, 0.717) is 10.3 Å². The predicted octanol–water partition coefficient (Wildman–Crippen LogP) is 1.78. The van der Waals surface area contributed by atoms with Crippen molar-refractivity contribution in [2.24, 2.45) is 5.73 Å². The molecule has 2 aromatic rings. The van der Waals surface area contributed by atoms with Crippen molar-refractivity contribution in [2.75, 3.05) is 0 Å². The Labute approximate surface area is 124 Å². The van der Waals surface area contributed by atoms with Crippen LogP contribution in [0.3, 0.4) is 0 Å². The van der Waals surface area contributed by atoms with Crippen LogP contribution in [0, 0.1) is 0 Å². The number of fused-ring (bicyclic) bond motifs is 1. The van der Waals surface area contributed by atoms with Gasteiger partial charge in [-0.2, -0.15) is 0 Å². The van der Waals surface area contributed by atoms with Crippen molar-refractivity contribution in [1.82, 2.24) is 9.71 Å². The van der Waals surface area contributed by atoms with Crippen LogP contribution in [-0.2, 0) is 10.0 Å². The Morgan fingerprint density at radius 3 is 2.81 bits per heavy atom. The van der Waals surface area contributed by atoms with Crippen molar-refractivity contribution in [2.45, 2.75) is 42.7 Å². The van der Waals surface area contributed by atoms with Gasteiger partial charge < -0.3 is 5.73 Å². The van der Waals surface area contributed by atoms with Gasteiger partial charge in [0.25, 0.3) is 0 Å². The van der Waals surface area contributed by atoms with Crippen LogP contribution in [0.2, 0.25) is 0 Å². The predicted molar refractivity (Wildman–Crippen MR) is 82.3 cm³/mol. The van der Waals surface area contributed by atoms with E-state index in [-0.39, 0.29) is 12.1 Å². The third-order valence-corrected chi connectivity index (χ3v) is 5.60. The average molecular weight is 305 g/mol. The molecule has 3 rings (SSSR count). The molecule has 1 fully saturated rings. The van der Waals surface area contributed by atoms with Crippen LogP contribution in [0.15, 0.2) is 41.6 Å². The van der Waals surface area contributed by atoms with Crippen molar-refractivity contribution in [3.63, 3.8) is 0 Å². The van der Waals surface area contributed by atoms with Crippen LogP contribution in [0.5, 0.6) is 0 Å². The lowest BCUT2D eigenvalue weighted by Crippen LogP contribution is -2.49. The fourth-order valence-corrected chi connectivity index (χ4v) is 4.45. The Balaban J connectivity index is 1.97. The number of hydrogen-bond donors (Lipinski definition) is 2. The molecule has 21 heavy (non-hydrogen) atoms. The van der Waals surface area contributed by atoms with E-state index < -0.39 is 10.0 Å². The maximum Gasteiger partial charge on any atom is 0.241 e. The highest BCUT2D eigenvalue weighted by Crippen LogP contribution is 2.24. The Hall–Kier alpha value is -1.50. The number of nitrogens with two attached hydrogens (primary N) is 1. The fourth-order valence-electron chi connectivity index (χ4n) is 2.90. The van der Waals surface area contributed by atoms with E-state index in [2.05, 4.69) is 9.71 Å². The minimum absolute atomic E-state index is 0.106. The van der Waals surface area contributed by atoms with Crippen molar-refractivity contribution in [1.29, 1.82) is 0 Å². The molecule has 0 spiro atoms. The number of nitrogens with zero attached hydrogens (tertiary/aromatic N) is 1. The first kappa shape index (κ1) is 14.4. The van der Waals surface area contributed by atoms with Crippen LogP contribution < -0.4 is 10.5 Å². The monoisotopic (exact) mass is 305 g/mol. The van der Waals surface area contributed by atoms with Gasteiger partial charge in [0.15, 0.2) is 0 Å². The molecule has 0 amide bonds. The van der Waals surface area contributed by atoms with E-state index in [1.807, 2.05) is 6.07 Å². The van der Waals surface area contributed by atoms with Gasteiger partial charge in [-0.05, 0) is 25.0 Å². The smallest absolute Gasteiger partial charge is 0.241 e. The van der Waals surface area contributed by atoms with Crippen molar-refractivity contribution in [3.8, 4) is 0 Å². The zero-order valence-electron chi connectivity index (χ0n) is 11.7. The van der Waals surface area contributed by atoms with Gasteiger partial charge in [-0.3, -0.25) is 4.98 Å². The van der Waals surface area contributed by atoms with E-state index >= 15 is 0 Å². The lowest BCUT2D eigenvalue weighted by atomic mass is 9.92. The second kappa shape index (κ2) is 5.71. The molecule has 0 saturated heterocycles. The first-order valence-corrected chi connectivity index (χ1v) is 8.67. The van der Waals surface area contributed by atoms with E-state index in [1.54, 1.807) is 30.6 Å². The summed E-state index contributed by atoms with van der Waals surface area (Å²) in [4.78, 5) is 4.32. The number of hydrogen-bond acceptors (Lipinski definition) is 4. The Bertz CT molecular complexity index is 740. The van der Waals surface area contributed by atoms with Gasteiger partial charge in [0.1, 0.15) is 0 Å². The van der Waals surface area contributed by atoms with Crippen LogP contribution in [0.1, 0.15) is 25.7 Å². The fraction of sp³-hybridized carbons (Fsp3) is 0.400. The maximum absolute atomic E-state index is 12.7. The second-order valence-electron chi connectivity index (χ2n) is 5.53. The highest BCUT2D eigenvalue weighted by atomic mass is 32.2. The summed E-state index contributed by atoms with van der Waals surface area (Å²) >= 11 is 0. The van der Waals surface area contributed by atoms with Crippen molar-refractivity contribution < 1.29 is 8.42 Å². The summed E-state index contributed by atoms with van der Waals surface area (Å²) < 4.78 is 28.1. The lowest BCUT2D eigenvalue weighted by molar-refractivity contribution is 0.361. The van der Waals surface area contributed by atoms with Gasteiger partial charge in [0.2, 0.25) is 10.0 Å². The largest absolute Gasteiger partial charge is 0.326 e. The zero-order valence-corrected chi connectivity index (χ0v) is 12.5. The normalized spacial score (nSPS) is 23.3. The zero-order chi connectivity index (χ0) is 14.9. The SMILES string of the molecule is NC1CCCCC1NS(=O)(=O)c1cccc2cnccc12. The maximum atomic E-state index is 12.7.